The monoisotopic (exact) mass is 156 g/mol. The molecule has 0 aromatic rings. The quantitative estimate of drug-likeness (QED) is 0.602. The third-order valence-electron chi connectivity index (χ3n) is 0.873. The van der Waals surface area contributed by atoms with Gasteiger partial charge in [0, 0.05) is 0 Å². The summed E-state index contributed by atoms with van der Waals surface area (Å²) in [7, 11) is 0. The number of rotatable bonds is 1. The highest BCUT2D eigenvalue weighted by atomic mass is 19.4. The van der Waals surface area contributed by atoms with Gasteiger partial charge in [-0.1, -0.05) is 0 Å². The van der Waals surface area contributed by atoms with Gasteiger partial charge in [0.25, 0.3) is 0 Å². The standard InChI is InChI=1S/C4H5F3NO2/c5-4(6,7)10-3-1-8-9-2-3/h2-3,8H,1H2. The third kappa shape index (κ3) is 2.51. The summed E-state index contributed by atoms with van der Waals surface area (Å²) in [5, 5.41) is 0. The van der Waals surface area contributed by atoms with Crippen LogP contribution in [0.3, 0.4) is 0 Å². The van der Waals surface area contributed by atoms with Crippen molar-refractivity contribution in [2.24, 2.45) is 0 Å². The number of hydrogen-bond donors (Lipinski definition) is 1. The second kappa shape index (κ2) is 2.73. The summed E-state index contributed by atoms with van der Waals surface area (Å²) in [5.41, 5.74) is 2.21. The first-order valence-electron chi connectivity index (χ1n) is 2.54. The van der Waals surface area contributed by atoms with Crippen LogP contribution in [0.1, 0.15) is 0 Å². The van der Waals surface area contributed by atoms with E-state index < -0.39 is 12.5 Å². The first kappa shape index (κ1) is 7.77. The predicted octanol–water partition coefficient (Wildman–Crippen LogP) is 0.588. The van der Waals surface area contributed by atoms with Crippen LogP contribution in [0.2, 0.25) is 0 Å². The van der Waals surface area contributed by atoms with Gasteiger partial charge in [-0.3, -0.25) is 9.57 Å². The van der Waals surface area contributed by atoms with Crippen LogP contribution in [0.4, 0.5) is 13.2 Å². The Morgan fingerprint density at radius 1 is 1.60 bits per heavy atom. The number of ether oxygens (including phenoxy) is 1. The van der Waals surface area contributed by atoms with Gasteiger partial charge >= 0.3 is 6.36 Å². The van der Waals surface area contributed by atoms with E-state index in [2.05, 4.69) is 15.1 Å². The minimum Gasteiger partial charge on any atom is -0.293 e. The average molecular weight is 156 g/mol. The minimum atomic E-state index is -4.59. The number of hydroxylamine groups is 1. The minimum absolute atomic E-state index is 0.0273. The van der Waals surface area contributed by atoms with Gasteiger partial charge in [0.05, 0.1) is 6.54 Å². The fourth-order valence-electron chi connectivity index (χ4n) is 0.543. The molecule has 1 aliphatic heterocycles. The van der Waals surface area contributed by atoms with Crippen molar-refractivity contribution >= 4 is 0 Å². The van der Waals surface area contributed by atoms with Crippen molar-refractivity contribution < 1.29 is 22.7 Å². The van der Waals surface area contributed by atoms with Gasteiger partial charge < -0.3 is 0 Å². The summed E-state index contributed by atoms with van der Waals surface area (Å²) < 4.78 is 37.7. The van der Waals surface area contributed by atoms with E-state index in [1.54, 1.807) is 0 Å². The Morgan fingerprint density at radius 3 is 2.70 bits per heavy atom. The van der Waals surface area contributed by atoms with Gasteiger partial charge in [-0.25, -0.2) is 0 Å². The predicted molar refractivity (Wildman–Crippen MR) is 24.3 cm³/mol. The SMILES string of the molecule is FC(F)(F)OC1[CH]ONC1. The third-order valence-corrected chi connectivity index (χ3v) is 0.873. The average Bonchev–Trinajstić information content (AvgIpc) is 2.12. The summed E-state index contributed by atoms with van der Waals surface area (Å²) in [4.78, 5) is 4.30. The van der Waals surface area contributed by atoms with Crippen molar-refractivity contribution in [1.29, 1.82) is 0 Å². The maximum atomic E-state index is 11.4. The number of hydrogen-bond acceptors (Lipinski definition) is 3. The molecule has 0 saturated carbocycles. The number of alkyl halides is 3. The van der Waals surface area contributed by atoms with Crippen LogP contribution in [0.25, 0.3) is 0 Å². The molecule has 59 valence electrons. The lowest BCUT2D eigenvalue weighted by Gasteiger charge is -2.10. The molecule has 0 aromatic heterocycles. The Hall–Kier alpha value is -0.330. The lowest BCUT2D eigenvalue weighted by molar-refractivity contribution is -0.336. The Labute approximate surface area is 55.1 Å². The van der Waals surface area contributed by atoms with Gasteiger partial charge in [0.2, 0.25) is 0 Å². The maximum Gasteiger partial charge on any atom is 0.522 e. The lowest BCUT2D eigenvalue weighted by Crippen LogP contribution is -2.25. The molecule has 1 rings (SSSR count). The van der Waals surface area contributed by atoms with Gasteiger partial charge in [-0.15, -0.1) is 13.2 Å². The van der Waals surface area contributed by atoms with E-state index in [0.717, 1.165) is 6.61 Å². The topological polar surface area (TPSA) is 30.5 Å². The number of halogens is 3. The molecule has 0 spiro atoms. The highest BCUT2D eigenvalue weighted by Gasteiger charge is 2.35. The van der Waals surface area contributed by atoms with E-state index in [-0.39, 0.29) is 6.54 Å². The summed E-state index contributed by atoms with van der Waals surface area (Å²) in [6.45, 7) is 0.979. The van der Waals surface area contributed by atoms with E-state index in [0.29, 0.717) is 0 Å². The normalized spacial score (nSPS) is 27.3. The molecule has 3 nitrogen and oxygen atoms in total. The summed E-state index contributed by atoms with van der Waals surface area (Å²) in [5.74, 6) is 0. The molecule has 0 aromatic carbocycles. The van der Waals surface area contributed by atoms with Crippen molar-refractivity contribution in [2.45, 2.75) is 12.5 Å². The van der Waals surface area contributed by atoms with E-state index >= 15 is 0 Å². The molecule has 1 radical (unpaired) electrons. The molecule has 0 bridgehead atoms. The van der Waals surface area contributed by atoms with E-state index in [9.17, 15) is 13.2 Å². The molecule has 6 heteroatoms. The summed E-state index contributed by atoms with van der Waals surface area (Å²) >= 11 is 0. The van der Waals surface area contributed by atoms with E-state index in [1.165, 1.54) is 0 Å². The Morgan fingerprint density at radius 2 is 2.30 bits per heavy atom. The molecule has 1 unspecified atom stereocenters. The molecule has 1 fully saturated rings. The molecule has 0 aliphatic carbocycles. The van der Waals surface area contributed by atoms with Crippen molar-refractivity contribution in [2.75, 3.05) is 6.54 Å². The fourth-order valence-corrected chi connectivity index (χ4v) is 0.543. The molecule has 1 N–H and O–H groups in total. The van der Waals surface area contributed by atoms with Crippen molar-refractivity contribution in [3.8, 4) is 0 Å². The molecule has 1 aliphatic rings. The lowest BCUT2D eigenvalue weighted by atomic mass is 10.4. The van der Waals surface area contributed by atoms with Crippen molar-refractivity contribution in [1.82, 2.24) is 5.48 Å². The maximum absolute atomic E-state index is 11.4. The second-order valence-electron chi connectivity index (χ2n) is 1.70. The van der Waals surface area contributed by atoms with Gasteiger partial charge in [-0.2, -0.15) is 5.48 Å². The van der Waals surface area contributed by atoms with Crippen molar-refractivity contribution in [3.05, 3.63) is 6.61 Å². The molecule has 0 amide bonds. The molecular formula is C4H5F3NO2. The van der Waals surface area contributed by atoms with Crippen LogP contribution >= 0.6 is 0 Å². The zero-order chi connectivity index (χ0) is 7.61. The molecule has 1 heterocycles. The van der Waals surface area contributed by atoms with E-state index in [4.69, 9.17) is 0 Å². The molecule has 10 heavy (non-hydrogen) atoms. The van der Waals surface area contributed by atoms with Gasteiger partial charge in [0.1, 0.15) is 12.7 Å². The van der Waals surface area contributed by atoms with Crippen LogP contribution in [0.5, 0.6) is 0 Å². The van der Waals surface area contributed by atoms with Crippen molar-refractivity contribution in [3.63, 3.8) is 0 Å². The molecular weight excluding hydrogens is 151 g/mol. The second-order valence-corrected chi connectivity index (χ2v) is 1.70. The van der Waals surface area contributed by atoms with Gasteiger partial charge in [0.15, 0.2) is 0 Å². The smallest absolute Gasteiger partial charge is 0.293 e. The van der Waals surface area contributed by atoms with Crippen LogP contribution in [0.15, 0.2) is 0 Å². The van der Waals surface area contributed by atoms with E-state index in [1.807, 2.05) is 0 Å². The first-order chi connectivity index (χ1) is 4.58. The Kier molecular flexibility index (Phi) is 2.12. The first-order valence-corrected chi connectivity index (χ1v) is 2.54. The number of nitrogens with one attached hydrogen (secondary N) is 1. The highest BCUT2D eigenvalue weighted by Crippen LogP contribution is 2.20. The van der Waals surface area contributed by atoms with Crippen LogP contribution < -0.4 is 5.48 Å². The summed E-state index contributed by atoms with van der Waals surface area (Å²) in [6.07, 6.45) is -5.61. The summed E-state index contributed by atoms with van der Waals surface area (Å²) in [6, 6.07) is 0. The van der Waals surface area contributed by atoms with Crippen LogP contribution in [-0.2, 0) is 9.57 Å². The van der Waals surface area contributed by atoms with Gasteiger partial charge in [-0.05, 0) is 0 Å². The van der Waals surface area contributed by atoms with Crippen LogP contribution in [0, 0.1) is 6.61 Å². The molecule has 1 atom stereocenters. The van der Waals surface area contributed by atoms with Crippen LogP contribution in [-0.4, -0.2) is 19.0 Å². The fraction of sp³-hybridized carbons (Fsp3) is 0.750. The molecule has 1 saturated heterocycles. The Bertz CT molecular complexity index is 110. The zero-order valence-corrected chi connectivity index (χ0v) is 4.81. The largest absolute Gasteiger partial charge is 0.522 e. The zero-order valence-electron chi connectivity index (χ0n) is 4.81. The Balaban J connectivity index is 2.24. The highest BCUT2D eigenvalue weighted by molar-refractivity contribution is 4.73.